The molecule has 12 heteroatoms. The fourth-order valence-corrected chi connectivity index (χ4v) is 2.05. The van der Waals surface area contributed by atoms with Crippen LogP contribution >= 0.6 is 0 Å². The third-order valence-corrected chi connectivity index (χ3v) is 3.41. The monoisotopic (exact) mass is 437 g/mol. The Labute approximate surface area is 167 Å². The maximum absolute atomic E-state index is 12.1. The van der Waals surface area contributed by atoms with Gasteiger partial charge < -0.3 is 20.1 Å². The Morgan fingerprint density at radius 2 is 1.33 bits per heavy atom. The molecule has 1 heterocycles. The highest BCUT2D eigenvalue weighted by atomic mass is 19.4. The summed E-state index contributed by atoms with van der Waals surface area (Å²) in [6.45, 7) is -2.65. The summed E-state index contributed by atoms with van der Waals surface area (Å²) >= 11 is 0. The lowest BCUT2D eigenvalue weighted by Gasteiger charge is -2.11. The molecular weight excluding hydrogens is 420 g/mol. The minimum atomic E-state index is -4.46. The fraction of sp³-hybridized carbons (Fsp3) is 0.333. The number of nitrogens with zero attached hydrogens (tertiary/aromatic N) is 1. The van der Waals surface area contributed by atoms with Crippen LogP contribution in [0.15, 0.2) is 42.6 Å². The van der Waals surface area contributed by atoms with Crippen LogP contribution in [0, 0.1) is 0 Å². The lowest BCUT2D eigenvalue weighted by Crippen LogP contribution is -2.34. The lowest BCUT2D eigenvalue weighted by molar-refractivity contribution is -0.154. The maximum Gasteiger partial charge on any atom is 0.422 e. The zero-order valence-corrected chi connectivity index (χ0v) is 15.3. The van der Waals surface area contributed by atoms with Crippen molar-refractivity contribution in [3.63, 3.8) is 0 Å². The second kappa shape index (κ2) is 10.0. The molecule has 1 aromatic heterocycles. The number of ether oxygens (including phenoxy) is 2. The number of aromatic nitrogens is 1. The fourth-order valence-electron chi connectivity index (χ4n) is 2.05. The molecule has 30 heavy (non-hydrogen) atoms. The van der Waals surface area contributed by atoms with Gasteiger partial charge in [0.05, 0.1) is 0 Å². The van der Waals surface area contributed by atoms with Crippen LogP contribution in [0.1, 0.15) is 11.1 Å². The van der Waals surface area contributed by atoms with E-state index in [4.69, 9.17) is 0 Å². The highest BCUT2D eigenvalue weighted by molar-refractivity contribution is 5.73. The molecule has 0 atom stereocenters. The Balaban J connectivity index is 1.71. The average molecular weight is 437 g/mol. The van der Waals surface area contributed by atoms with Gasteiger partial charge in [-0.2, -0.15) is 26.3 Å². The van der Waals surface area contributed by atoms with E-state index in [0.717, 1.165) is 0 Å². The molecule has 2 amide bonds. The summed E-state index contributed by atoms with van der Waals surface area (Å²) in [6.07, 6.45) is -7.62. The van der Waals surface area contributed by atoms with E-state index in [1.807, 2.05) is 0 Å². The standard InChI is InChI=1S/C18H17F6N3O3/c19-17(20,21)10-29-14-4-1-12(2-5-14)7-26-16(28)27-9-13-3-6-15(25-8-13)30-11-18(22,23)24/h1-6,8H,7,9-11H2,(H2,26,27,28). The third-order valence-electron chi connectivity index (χ3n) is 3.41. The number of hydrogen-bond donors (Lipinski definition) is 2. The van der Waals surface area contributed by atoms with Crippen LogP contribution in [0.25, 0.3) is 0 Å². The first kappa shape index (κ1) is 23.1. The quantitative estimate of drug-likeness (QED) is 0.614. The molecule has 1 aromatic carbocycles. The predicted molar refractivity (Wildman–Crippen MR) is 92.9 cm³/mol. The number of alkyl halides is 6. The molecule has 0 aliphatic rings. The van der Waals surface area contributed by atoms with Crippen LogP contribution < -0.4 is 20.1 Å². The lowest BCUT2D eigenvalue weighted by atomic mass is 10.2. The summed E-state index contributed by atoms with van der Waals surface area (Å²) in [6, 6.07) is 7.92. The molecule has 0 bridgehead atoms. The van der Waals surface area contributed by atoms with Gasteiger partial charge in [-0.1, -0.05) is 18.2 Å². The van der Waals surface area contributed by atoms with E-state index in [1.54, 1.807) is 0 Å². The van der Waals surface area contributed by atoms with Crippen molar-refractivity contribution in [1.29, 1.82) is 0 Å². The molecule has 6 nitrogen and oxygen atoms in total. The summed E-state index contributed by atoms with van der Waals surface area (Å²) in [7, 11) is 0. The van der Waals surface area contributed by atoms with Crippen molar-refractivity contribution in [2.24, 2.45) is 0 Å². The maximum atomic E-state index is 12.1. The van der Waals surface area contributed by atoms with E-state index in [2.05, 4.69) is 25.1 Å². The van der Waals surface area contributed by atoms with E-state index in [-0.39, 0.29) is 24.7 Å². The molecule has 0 spiro atoms. The van der Waals surface area contributed by atoms with Crippen molar-refractivity contribution in [2.45, 2.75) is 25.4 Å². The highest BCUT2D eigenvalue weighted by Gasteiger charge is 2.29. The topological polar surface area (TPSA) is 72.5 Å². The van der Waals surface area contributed by atoms with Crippen molar-refractivity contribution in [3.05, 3.63) is 53.7 Å². The molecular formula is C18H17F6N3O3. The predicted octanol–water partition coefficient (Wildman–Crippen LogP) is 3.96. The van der Waals surface area contributed by atoms with Crippen LogP contribution in [-0.4, -0.2) is 36.6 Å². The number of amides is 2. The van der Waals surface area contributed by atoms with Gasteiger partial charge in [0.1, 0.15) is 5.75 Å². The van der Waals surface area contributed by atoms with Crippen LogP contribution in [0.5, 0.6) is 11.6 Å². The minimum absolute atomic E-state index is 0.0516. The van der Waals surface area contributed by atoms with Crippen molar-refractivity contribution in [2.75, 3.05) is 13.2 Å². The van der Waals surface area contributed by atoms with Crippen LogP contribution in [0.4, 0.5) is 31.1 Å². The molecule has 2 N–H and O–H groups in total. The van der Waals surface area contributed by atoms with Gasteiger partial charge in [0.2, 0.25) is 5.88 Å². The van der Waals surface area contributed by atoms with E-state index < -0.39 is 31.6 Å². The van der Waals surface area contributed by atoms with Crippen LogP contribution in [-0.2, 0) is 13.1 Å². The first-order valence-corrected chi connectivity index (χ1v) is 8.45. The number of halogens is 6. The highest BCUT2D eigenvalue weighted by Crippen LogP contribution is 2.19. The third kappa shape index (κ3) is 9.34. The Kier molecular flexibility index (Phi) is 7.72. The summed E-state index contributed by atoms with van der Waals surface area (Å²) in [5.41, 5.74) is 1.17. The summed E-state index contributed by atoms with van der Waals surface area (Å²) in [4.78, 5) is 15.5. The Hall–Kier alpha value is -3.18. The number of urea groups is 1. The van der Waals surface area contributed by atoms with Crippen molar-refractivity contribution < 1.29 is 40.6 Å². The molecule has 0 aliphatic heterocycles. The molecule has 164 valence electrons. The number of carbonyl (C=O) groups is 1. The van der Waals surface area contributed by atoms with Crippen molar-refractivity contribution in [1.82, 2.24) is 15.6 Å². The molecule has 0 aliphatic carbocycles. The molecule has 0 saturated carbocycles. The van der Waals surface area contributed by atoms with E-state index in [1.165, 1.54) is 42.6 Å². The molecule has 2 rings (SSSR count). The van der Waals surface area contributed by atoms with Crippen molar-refractivity contribution >= 4 is 6.03 Å². The number of nitrogens with one attached hydrogen (secondary N) is 2. The van der Waals surface area contributed by atoms with Gasteiger partial charge in [-0.25, -0.2) is 9.78 Å². The van der Waals surface area contributed by atoms with Crippen LogP contribution in [0.3, 0.4) is 0 Å². The molecule has 0 saturated heterocycles. The van der Waals surface area contributed by atoms with Crippen LogP contribution in [0.2, 0.25) is 0 Å². The van der Waals surface area contributed by atoms with Gasteiger partial charge in [0.15, 0.2) is 13.2 Å². The first-order chi connectivity index (χ1) is 14.0. The molecule has 2 aromatic rings. The summed E-state index contributed by atoms with van der Waals surface area (Å²) in [5.74, 6) is -0.140. The number of carbonyl (C=O) groups excluding carboxylic acids is 1. The van der Waals surface area contributed by atoms with Gasteiger partial charge in [-0.15, -0.1) is 0 Å². The zero-order chi connectivity index (χ0) is 22.2. The normalized spacial score (nSPS) is 11.7. The SMILES string of the molecule is O=C(NCc1ccc(OCC(F)(F)F)cc1)NCc1ccc(OCC(F)(F)F)nc1. The zero-order valence-electron chi connectivity index (χ0n) is 15.3. The molecule has 0 radical (unpaired) electrons. The van der Waals surface area contributed by atoms with Gasteiger partial charge in [-0.05, 0) is 23.3 Å². The molecule has 0 fully saturated rings. The van der Waals surface area contributed by atoms with Gasteiger partial charge in [0, 0.05) is 25.4 Å². The Morgan fingerprint density at radius 3 is 1.87 bits per heavy atom. The van der Waals surface area contributed by atoms with Gasteiger partial charge in [-0.3, -0.25) is 0 Å². The smallest absolute Gasteiger partial charge is 0.422 e. The Bertz CT molecular complexity index is 740. The van der Waals surface area contributed by atoms with E-state index >= 15 is 0 Å². The molecule has 0 unspecified atom stereocenters. The number of pyridine rings is 1. The second-order valence-electron chi connectivity index (χ2n) is 5.99. The second-order valence-corrected chi connectivity index (χ2v) is 5.99. The number of benzene rings is 1. The Morgan fingerprint density at radius 1 is 0.800 bits per heavy atom. The first-order valence-electron chi connectivity index (χ1n) is 8.45. The van der Waals surface area contributed by atoms with Gasteiger partial charge in [0.25, 0.3) is 0 Å². The van der Waals surface area contributed by atoms with E-state index in [9.17, 15) is 31.1 Å². The minimum Gasteiger partial charge on any atom is -0.484 e. The summed E-state index contributed by atoms with van der Waals surface area (Å²) < 4.78 is 81.5. The average Bonchev–Trinajstić information content (AvgIpc) is 2.68. The summed E-state index contributed by atoms with van der Waals surface area (Å²) in [5, 5.41) is 5.08. The van der Waals surface area contributed by atoms with E-state index in [0.29, 0.717) is 11.1 Å². The number of rotatable bonds is 8. The number of hydrogen-bond acceptors (Lipinski definition) is 4. The van der Waals surface area contributed by atoms with Gasteiger partial charge >= 0.3 is 18.4 Å². The largest absolute Gasteiger partial charge is 0.484 e. The van der Waals surface area contributed by atoms with Crippen molar-refractivity contribution in [3.8, 4) is 11.6 Å².